The topological polar surface area (TPSA) is 46.4 Å². The molecule has 0 bridgehead atoms. The first-order chi connectivity index (χ1) is 9.47. The SMILES string of the molecule is C=CCC[C@H]([C@@H](CC(=S)N(C)C)c1cccs1)[N+](=O)[O-]. The zero-order valence-electron chi connectivity index (χ0n) is 11.8. The van der Waals surface area contributed by atoms with Gasteiger partial charge < -0.3 is 4.90 Å². The second-order valence-electron chi connectivity index (χ2n) is 4.83. The first-order valence-electron chi connectivity index (χ1n) is 6.45. The van der Waals surface area contributed by atoms with Crippen molar-refractivity contribution in [2.45, 2.75) is 31.2 Å². The molecule has 4 nitrogen and oxygen atoms in total. The van der Waals surface area contributed by atoms with E-state index in [1.54, 1.807) is 17.4 Å². The van der Waals surface area contributed by atoms with Crippen molar-refractivity contribution in [2.75, 3.05) is 14.1 Å². The minimum Gasteiger partial charge on any atom is -0.372 e. The molecule has 0 aliphatic rings. The van der Waals surface area contributed by atoms with Crippen LogP contribution in [0.4, 0.5) is 0 Å². The lowest BCUT2D eigenvalue weighted by Gasteiger charge is -2.23. The molecule has 0 radical (unpaired) electrons. The Hall–Kier alpha value is -1.27. The maximum absolute atomic E-state index is 11.4. The number of hydrogen-bond donors (Lipinski definition) is 0. The maximum Gasteiger partial charge on any atom is 0.221 e. The third kappa shape index (κ3) is 4.68. The van der Waals surface area contributed by atoms with Crippen molar-refractivity contribution >= 4 is 28.5 Å². The highest BCUT2D eigenvalue weighted by Gasteiger charge is 2.33. The van der Waals surface area contributed by atoms with E-state index in [1.165, 1.54) is 0 Å². The number of nitro groups is 1. The monoisotopic (exact) mass is 312 g/mol. The molecule has 0 saturated carbocycles. The van der Waals surface area contributed by atoms with Crippen LogP contribution in [-0.4, -0.2) is 34.9 Å². The predicted molar refractivity (Wildman–Crippen MR) is 88.2 cm³/mol. The van der Waals surface area contributed by atoms with Crippen LogP contribution in [0, 0.1) is 10.1 Å². The quantitative estimate of drug-likeness (QED) is 0.318. The van der Waals surface area contributed by atoms with Gasteiger partial charge in [0, 0.05) is 36.7 Å². The largest absolute Gasteiger partial charge is 0.372 e. The van der Waals surface area contributed by atoms with Crippen LogP contribution in [-0.2, 0) is 0 Å². The summed E-state index contributed by atoms with van der Waals surface area (Å²) in [6.07, 6.45) is 3.40. The van der Waals surface area contributed by atoms with Crippen molar-refractivity contribution in [3.8, 4) is 0 Å². The van der Waals surface area contributed by atoms with Crippen molar-refractivity contribution in [2.24, 2.45) is 0 Å². The van der Waals surface area contributed by atoms with Crippen molar-refractivity contribution in [1.82, 2.24) is 4.90 Å². The number of nitrogens with zero attached hydrogens (tertiary/aromatic N) is 2. The van der Waals surface area contributed by atoms with Crippen LogP contribution in [0.2, 0.25) is 0 Å². The van der Waals surface area contributed by atoms with Crippen LogP contribution in [0.3, 0.4) is 0 Å². The standard InChI is InChI=1S/C14H20N2O2S2/c1-4-5-7-12(16(17)18)11(10-14(19)15(2)3)13-8-6-9-20-13/h4,6,8-9,11-12H,1,5,7,10H2,2-3H3/t11-,12-/m1/s1. The van der Waals surface area contributed by atoms with Crippen molar-refractivity contribution in [1.29, 1.82) is 0 Å². The summed E-state index contributed by atoms with van der Waals surface area (Å²) in [5.41, 5.74) is 0. The number of thiocarbonyl (C=S) groups is 1. The number of hydrogen-bond acceptors (Lipinski definition) is 4. The van der Waals surface area contributed by atoms with E-state index in [9.17, 15) is 10.1 Å². The Morgan fingerprint density at radius 3 is 2.80 bits per heavy atom. The van der Waals surface area contributed by atoms with Gasteiger partial charge in [-0.2, -0.15) is 0 Å². The molecule has 1 aromatic rings. The summed E-state index contributed by atoms with van der Waals surface area (Å²) in [5.74, 6) is -0.167. The summed E-state index contributed by atoms with van der Waals surface area (Å²) in [4.78, 5) is 14.9. The summed E-state index contributed by atoms with van der Waals surface area (Å²) >= 11 is 6.89. The molecular weight excluding hydrogens is 292 g/mol. The van der Waals surface area contributed by atoms with E-state index in [1.807, 2.05) is 36.5 Å². The van der Waals surface area contributed by atoms with Gasteiger partial charge in [-0.1, -0.05) is 24.4 Å². The van der Waals surface area contributed by atoms with Crippen LogP contribution < -0.4 is 0 Å². The van der Waals surface area contributed by atoms with E-state index in [4.69, 9.17) is 12.2 Å². The van der Waals surface area contributed by atoms with Crippen molar-refractivity contribution in [3.05, 3.63) is 45.2 Å². The van der Waals surface area contributed by atoms with Gasteiger partial charge in [0.2, 0.25) is 6.04 Å². The van der Waals surface area contributed by atoms with Crippen LogP contribution in [0.25, 0.3) is 0 Å². The fourth-order valence-electron chi connectivity index (χ4n) is 2.04. The molecule has 1 heterocycles. The molecule has 1 aromatic heterocycles. The molecule has 0 unspecified atom stereocenters. The van der Waals surface area contributed by atoms with Gasteiger partial charge in [0.1, 0.15) is 0 Å². The summed E-state index contributed by atoms with van der Waals surface area (Å²) in [7, 11) is 3.75. The number of allylic oxidation sites excluding steroid dienone is 1. The second-order valence-corrected chi connectivity index (χ2v) is 6.28. The van der Waals surface area contributed by atoms with Gasteiger partial charge in [0.25, 0.3) is 0 Å². The Kier molecular flexibility index (Phi) is 6.81. The summed E-state index contributed by atoms with van der Waals surface area (Å²) in [5, 5.41) is 13.4. The van der Waals surface area contributed by atoms with Crippen LogP contribution in [0.5, 0.6) is 0 Å². The summed E-state index contributed by atoms with van der Waals surface area (Å²) in [6, 6.07) is 3.26. The molecule has 20 heavy (non-hydrogen) atoms. The zero-order valence-corrected chi connectivity index (χ0v) is 13.5. The molecule has 0 spiro atoms. The first-order valence-corrected chi connectivity index (χ1v) is 7.74. The molecule has 0 aliphatic heterocycles. The van der Waals surface area contributed by atoms with Crippen LogP contribution in [0.1, 0.15) is 30.1 Å². The molecule has 1 rings (SSSR count). The summed E-state index contributed by atoms with van der Waals surface area (Å²) in [6.45, 7) is 3.65. The van der Waals surface area contributed by atoms with Gasteiger partial charge in [-0.3, -0.25) is 10.1 Å². The van der Waals surface area contributed by atoms with E-state index in [0.717, 1.165) is 9.87 Å². The van der Waals surface area contributed by atoms with E-state index >= 15 is 0 Å². The molecule has 0 fully saturated rings. The lowest BCUT2D eigenvalue weighted by Crippen LogP contribution is -2.31. The molecule has 0 aliphatic carbocycles. The highest BCUT2D eigenvalue weighted by atomic mass is 32.1. The van der Waals surface area contributed by atoms with Gasteiger partial charge in [0.05, 0.1) is 10.9 Å². The van der Waals surface area contributed by atoms with Crippen LogP contribution >= 0.6 is 23.6 Å². The maximum atomic E-state index is 11.4. The van der Waals surface area contributed by atoms with E-state index < -0.39 is 6.04 Å². The Bertz CT molecular complexity index is 458. The lowest BCUT2D eigenvalue weighted by molar-refractivity contribution is -0.527. The molecule has 0 amide bonds. The smallest absolute Gasteiger partial charge is 0.221 e. The van der Waals surface area contributed by atoms with Gasteiger partial charge >= 0.3 is 0 Å². The molecule has 2 atom stereocenters. The number of thiophene rings is 1. The molecule has 110 valence electrons. The molecule has 0 saturated heterocycles. The van der Waals surface area contributed by atoms with Crippen molar-refractivity contribution in [3.63, 3.8) is 0 Å². The average Bonchev–Trinajstić information content (AvgIpc) is 2.90. The molecule has 0 aromatic carbocycles. The second kappa shape index (κ2) is 8.11. The Morgan fingerprint density at radius 2 is 2.35 bits per heavy atom. The predicted octanol–water partition coefficient (Wildman–Crippen LogP) is 3.72. The Labute approximate surface area is 129 Å². The normalized spacial score (nSPS) is 13.5. The third-order valence-electron chi connectivity index (χ3n) is 3.20. The van der Waals surface area contributed by atoms with Crippen molar-refractivity contribution < 1.29 is 4.92 Å². The minimum atomic E-state index is -0.621. The Balaban J connectivity index is 2.98. The third-order valence-corrected chi connectivity index (χ3v) is 4.74. The highest BCUT2D eigenvalue weighted by Crippen LogP contribution is 2.32. The highest BCUT2D eigenvalue weighted by molar-refractivity contribution is 7.80. The van der Waals surface area contributed by atoms with Gasteiger partial charge in [0.15, 0.2) is 0 Å². The lowest BCUT2D eigenvalue weighted by atomic mass is 9.91. The van der Waals surface area contributed by atoms with Gasteiger partial charge in [-0.25, -0.2) is 0 Å². The summed E-state index contributed by atoms with van der Waals surface area (Å²) < 4.78 is 0. The Morgan fingerprint density at radius 1 is 1.65 bits per heavy atom. The number of rotatable bonds is 8. The fraction of sp³-hybridized carbons (Fsp3) is 0.500. The van der Waals surface area contributed by atoms with Gasteiger partial charge in [-0.05, 0) is 17.9 Å². The van der Waals surface area contributed by atoms with E-state index in [2.05, 4.69) is 6.58 Å². The fourth-order valence-corrected chi connectivity index (χ4v) is 3.11. The van der Waals surface area contributed by atoms with Crippen LogP contribution in [0.15, 0.2) is 30.2 Å². The molecule has 6 heteroatoms. The van der Waals surface area contributed by atoms with E-state index in [0.29, 0.717) is 19.3 Å². The average molecular weight is 312 g/mol. The van der Waals surface area contributed by atoms with Gasteiger partial charge in [-0.15, -0.1) is 17.9 Å². The first kappa shape index (κ1) is 16.8. The molecular formula is C14H20N2O2S2. The minimum absolute atomic E-state index is 0.167. The zero-order chi connectivity index (χ0) is 15.1. The van der Waals surface area contributed by atoms with E-state index in [-0.39, 0.29) is 10.8 Å². The molecule has 0 N–H and O–H groups in total.